The van der Waals surface area contributed by atoms with Crippen molar-refractivity contribution in [3.05, 3.63) is 58.7 Å². The van der Waals surface area contributed by atoms with Gasteiger partial charge in [0.2, 0.25) is 0 Å². The highest BCUT2D eigenvalue weighted by Gasteiger charge is 2.11. The van der Waals surface area contributed by atoms with Crippen molar-refractivity contribution in [3.63, 3.8) is 0 Å². The third-order valence-corrected chi connectivity index (χ3v) is 5.26. The van der Waals surface area contributed by atoms with Crippen molar-refractivity contribution in [3.8, 4) is 11.5 Å². The maximum atomic E-state index is 5.88. The van der Waals surface area contributed by atoms with Crippen LogP contribution < -0.4 is 9.47 Å². The molecule has 0 aliphatic heterocycles. The second-order valence-electron chi connectivity index (χ2n) is 6.97. The summed E-state index contributed by atoms with van der Waals surface area (Å²) in [7, 11) is 0. The summed E-state index contributed by atoms with van der Waals surface area (Å²) in [6, 6.07) is 13.1. The Morgan fingerprint density at radius 3 is 1.42 bits per heavy atom. The van der Waals surface area contributed by atoms with Crippen molar-refractivity contribution < 1.29 is 9.47 Å². The van der Waals surface area contributed by atoms with Gasteiger partial charge in [0.05, 0.1) is 0 Å². The summed E-state index contributed by atoms with van der Waals surface area (Å²) in [6.07, 6.45) is 10.1. The number of benzene rings is 2. The molecule has 2 aliphatic carbocycles. The second-order valence-corrected chi connectivity index (χ2v) is 6.97. The number of rotatable bonds is 5. The number of aryl methyl sites for hydroxylation is 4. The molecule has 0 spiro atoms. The van der Waals surface area contributed by atoms with Gasteiger partial charge in [-0.05, 0) is 97.9 Å². The summed E-state index contributed by atoms with van der Waals surface area (Å²) in [5, 5.41) is 0. The smallest absolute Gasteiger partial charge is 0.122 e. The topological polar surface area (TPSA) is 18.5 Å². The largest absolute Gasteiger partial charge is 0.490 e. The monoisotopic (exact) mass is 322 g/mol. The van der Waals surface area contributed by atoms with E-state index in [2.05, 4.69) is 36.4 Å². The molecule has 0 atom stereocenters. The van der Waals surface area contributed by atoms with Crippen LogP contribution in [0.2, 0.25) is 0 Å². The molecule has 2 aliphatic rings. The van der Waals surface area contributed by atoms with Gasteiger partial charge in [0.25, 0.3) is 0 Å². The van der Waals surface area contributed by atoms with Gasteiger partial charge in [-0.15, -0.1) is 0 Å². The van der Waals surface area contributed by atoms with E-state index in [-0.39, 0.29) is 0 Å². The molecule has 0 aromatic heterocycles. The minimum atomic E-state index is 0.593. The van der Waals surface area contributed by atoms with E-state index in [9.17, 15) is 0 Å². The molecule has 0 amide bonds. The van der Waals surface area contributed by atoms with E-state index in [0.29, 0.717) is 13.2 Å². The zero-order valence-electron chi connectivity index (χ0n) is 14.4. The fraction of sp³-hybridized carbons (Fsp3) is 0.455. The maximum absolute atomic E-state index is 5.88. The molecule has 0 N–H and O–H groups in total. The highest BCUT2D eigenvalue weighted by Crippen LogP contribution is 2.26. The van der Waals surface area contributed by atoms with Crippen LogP contribution in [0.4, 0.5) is 0 Å². The molecule has 0 unspecified atom stereocenters. The summed E-state index contributed by atoms with van der Waals surface area (Å²) in [6.45, 7) is 1.19. The van der Waals surface area contributed by atoms with Gasteiger partial charge in [0.1, 0.15) is 24.7 Å². The molecular weight excluding hydrogens is 296 g/mol. The zero-order chi connectivity index (χ0) is 16.2. The SMILES string of the molecule is c1cc2c(cc1OCCOc1ccc3c(c1)CCCC3)CCCC2. The van der Waals surface area contributed by atoms with Crippen LogP contribution in [0.15, 0.2) is 36.4 Å². The van der Waals surface area contributed by atoms with Crippen molar-refractivity contribution in [2.24, 2.45) is 0 Å². The molecule has 126 valence electrons. The average Bonchev–Trinajstić information content (AvgIpc) is 2.65. The highest BCUT2D eigenvalue weighted by molar-refractivity contribution is 5.38. The number of hydrogen-bond donors (Lipinski definition) is 0. The average molecular weight is 322 g/mol. The predicted molar refractivity (Wildman–Crippen MR) is 97.2 cm³/mol. The van der Waals surface area contributed by atoms with Crippen molar-refractivity contribution in [2.45, 2.75) is 51.4 Å². The first-order chi connectivity index (χ1) is 11.9. The van der Waals surface area contributed by atoms with Crippen LogP contribution in [-0.4, -0.2) is 13.2 Å². The van der Waals surface area contributed by atoms with Crippen LogP contribution in [0.25, 0.3) is 0 Å². The molecule has 2 aromatic carbocycles. The third-order valence-electron chi connectivity index (χ3n) is 5.26. The Labute approximate surface area is 144 Å². The molecule has 0 saturated heterocycles. The van der Waals surface area contributed by atoms with Gasteiger partial charge in [-0.2, -0.15) is 0 Å². The van der Waals surface area contributed by atoms with Crippen molar-refractivity contribution in [2.75, 3.05) is 13.2 Å². The van der Waals surface area contributed by atoms with Gasteiger partial charge in [0, 0.05) is 0 Å². The normalized spacial score (nSPS) is 16.2. The quantitative estimate of drug-likeness (QED) is 0.729. The lowest BCUT2D eigenvalue weighted by Crippen LogP contribution is -2.10. The molecule has 0 heterocycles. The molecule has 24 heavy (non-hydrogen) atoms. The van der Waals surface area contributed by atoms with Crippen molar-refractivity contribution in [1.82, 2.24) is 0 Å². The first-order valence-corrected chi connectivity index (χ1v) is 9.38. The van der Waals surface area contributed by atoms with E-state index in [1.165, 1.54) is 73.6 Å². The Balaban J connectivity index is 1.28. The summed E-state index contributed by atoms with van der Waals surface area (Å²) >= 11 is 0. The van der Waals surface area contributed by atoms with Gasteiger partial charge in [-0.25, -0.2) is 0 Å². The molecule has 2 nitrogen and oxygen atoms in total. The first kappa shape index (κ1) is 15.6. The molecular formula is C22H26O2. The van der Waals surface area contributed by atoms with Crippen molar-refractivity contribution >= 4 is 0 Å². The number of hydrogen-bond acceptors (Lipinski definition) is 2. The molecule has 2 aromatic rings. The summed E-state index contributed by atoms with van der Waals surface area (Å²) in [5.41, 5.74) is 5.93. The lowest BCUT2D eigenvalue weighted by atomic mass is 9.92. The fourth-order valence-corrected chi connectivity index (χ4v) is 3.92. The molecule has 2 heteroatoms. The van der Waals surface area contributed by atoms with Crippen LogP contribution in [-0.2, 0) is 25.7 Å². The Bertz CT molecular complexity index is 644. The van der Waals surface area contributed by atoms with E-state index in [1.807, 2.05) is 0 Å². The van der Waals surface area contributed by atoms with Crippen LogP contribution >= 0.6 is 0 Å². The minimum Gasteiger partial charge on any atom is -0.490 e. The van der Waals surface area contributed by atoms with Crippen LogP contribution in [0, 0.1) is 0 Å². The molecule has 0 saturated carbocycles. The number of ether oxygens (including phenoxy) is 2. The van der Waals surface area contributed by atoms with E-state index >= 15 is 0 Å². The fourth-order valence-electron chi connectivity index (χ4n) is 3.92. The van der Waals surface area contributed by atoms with Gasteiger partial charge >= 0.3 is 0 Å². The van der Waals surface area contributed by atoms with Crippen LogP contribution in [0.3, 0.4) is 0 Å². The summed E-state index contributed by atoms with van der Waals surface area (Å²) in [4.78, 5) is 0. The highest BCUT2D eigenvalue weighted by atomic mass is 16.5. The van der Waals surface area contributed by atoms with Gasteiger partial charge in [0.15, 0.2) is 0 Å². The Hall–Kier alpha value is -1.96. The van der Waals surface area contributed by atoms with Crippen LogP contribution in [0.1, 0.15) is 47.9 Å². The maximum Gasteiger partial charge on any atom is 0.122 e. The van der Waals surface area contributed by atoms with E-state index in [1.54, 1.807) is 0 Å². The van der Waals surface area contributed by atoms with Gasteiger partial charge in [-0.3, -0.25) is 0 Å². The van der Waals surface area contributed by atoms with E-state index in [4.69, 9.17) is 9.47 Å². The van der Waals surface area contributed by atoms with E-state index < -0.39 is 0 Å². The third kappa shape index (κ3) is 3.58. The van der Waals surface area contributed by atoms with Gasteiger partial charge in [-0.1, -0.05) is 12.1 Å². The van der Waals surface area contributed by atoms with E-state index in [0.717, 1.165) is 11.5 Å². The Kier molecular flexibility index (Phi) is 4.73. The minimum absolute atomic E-state index is 0.593. The predicted octanol–water partition coefficient (Wildman–Crippen LogP) is 4.90. The Morgan fingerprint density at radius 2 is 0.958 bits per heavy atom. The number of fused-ring (bicyclic) bond motifs is 2. The second kappa shape index (κ2) is 7.29. The molecule has 4 rings (SSSR count). The van der Waals surface area contributed by atoms with Gasteiger partial charge < -0.3 is 9.47 Å². The lowest BCUT2D eigenvalue weighted by Gasteiger charge is -2.18. The molecule has 0 bridgehead atoms. The molecule has 0 radical (unpaired) electrons. The van der Waals surface area contributed by atoms with Crippen molar-refractivity contribution in [1.29, 1.82) is 0 Å². The summed E-state index contributed by atoms with van der Waals surface area (Å²) < 4.78 is 11.8. The summed E-state index contributed by atoms with van der Waals surface area (Å²) in [5.74, 6) is 1.95. The Morgan fingerprint density at radius 1 is 0.542 bits per heavy atom. The lowest BCUT2D eigenvalue weighted by molar-refractivity contribution is 0.217. The molecule has 0 fully saturated rings. The first-order valence-electron chi connectivity index (χ1n) is 9.38. The zero-order valence-corrected chi connectivity index (χ0v) is 14.4. The standard InChI is InChI=1S/C22H26O2/c1-3-7-19-15-21(11-9-17(19)5-1)23-13-14-24-22-12-10-18-6-2-4-8-20(18)16-22/h9-12,15-16H,1-8,13-14H2. The van der Waals surface area contributed by atoms with Crippen LogP contribution in [0.5, 0.6) is 11.5 Å².